The van der Waals surface area contributed by atoms with Crippen molar-refractivity contribution in [2.24, 2.45) is 0 Å². The summed E-state index contributed by atoms with van der Waals surface area (Å²) in [6.07, 6.45) is 1.05. The second-order valence-electron chi connectivity index (χ2n) is 7.38. The molecule has 2 aliphatic rings. The van der Waals surface area contributed by atoms with E-state index in [1.165, 1.54) is 12.1 Å². The van der Waals surface area contributed by atoms with Gasteiger partial charge in [-0.25, -0.2) is 4.39 Å². The Bertz CT molecular complexity index is 996. The van der Waals surface area contributed by atoms with Crippen molar-refractivity contribution < 1.29 is 23.5 Å². The van der Waals surface area contributed by atoms with Crippen LogP contribution in [-0.2, 0) is 9.59 Å². The summed E-state index contributed by atoms with van der Waals surface area (Å²) in [5, 5.41) is 2.90. The number of ketones is 1. The van der Waals surface area contributed by atoms with Gasteiger partial charge in [0.15, 0.2) is 5.78 Å². The molecule has 0 aromatic heterocycles. The molecule has 0 unspecified atom stereocenters. The summed E-state index contributed by atoms with van der Waals surface area (Å²) in [7, 11) is 3.13. The molecule has 4 rings (SSSR count). The molecule has 2 aromatic carbocycles. The summed E-state index contributed by atoms with van der Waals surface area (Å²) in [6, 6.07) is 11.6. The molecule has 29 heavy (non-hydrogen) atoms. The third kappa shape index (κ3) is 3.62. The van der Waals surface area contributed by atoms with Crippen molar-refractivity contribution in [2.75, 3.05) is 14.2 Å². The zero-order chi connectivity index (χ0) is 20.5. The summed E-state index contributed by atoms with van der Waals surface area (Å²) in [6.45, 7) is 0. The number of benzene rings is 2. The molecule has 2 aromatic rings. The molecule has 150 valence electrons. The summed E-state index contributed by atoms with van der Waals surface area (Å²) in [4.78, 5) is 25.6. The fourth-order valence-electron chi connectivity index (χ4n) is 4.30. The summed E-state index contributed by atoms with van der Waals surface area (Å²) >= 11 is 0. The lowest BCUT2D eigenvalue weighted by molar-refractivity contribution is -0.122. The Labute approximate surface area is 168 Å². The van der Waals surface area contributed by atoms with Gasteiger partial charge in [-0.3, -0.25) is 9.59 Å². The van der Waals surface area contributed by atoms with Crippen LogP contribution in [0.15, 0.2) is 53.7 Å². The van der Waals surface area contributed by atoms with E-state index in [4.69, 9.17) is 9.47 Å². The summed E-state index contributed by atoms with van der Waals surface area (Å²) in [5.74, 6) is 0.353. The number of nitrogens with one attached hydrogen (secondary N) is 1. The first-order valence-electron chi connectivity index (χ1n) is 9.53. The van der Waals surface area contributed by atoms with Crippen LogP contribution in [0.5, 0.6) is 11.5 Å². The summed E-state index contributed by atoms with van der Waals surface area (Å²) in [5.41, 5.74) is 3.00. The lowest BCUT2D eigenvalue weighted by atomic mass is 9.73. The number of Topliss-reactive ketones (excluding diaryl/α,β-unsaturated/α-hetero) is 1. The fourth-order valence-corrected chi connectivity index (χ4v) is 4.30. The molecule has 0 fully saturated rings. The van der Waals surface area contributed by atoms with Crippen molar-refractivity contribution in [1.82, 2.24) is 5.32 Å². The molecule has 0 bridgehead atoms. The molecule has 2 atom stereocenters. The van der Waals surface area contributed by atoms with E-state index in [1.54, 1.807) is 38.5 Å². The molecule has 1 aliphatic heterocycles. The van der Waals surface area contributed by atoms with Crippen LogP contribution in [0.1, 0.15) is 42.2 Å². The first-order valence-corrected chi connectivity index (χ1v) is 9.53. The van der Waals surface area contributed by atoms with E-state index in [1.807, 2.05) is 6.07 Å². The number of amides is 1. The van der Waals surface area contributed by atoms with E-state index in [2.05, 4.69) is 5.32 Å². The van der Waals surface area contributed by atoms with Crippen LogP contribution in [-0.4, -0.2) is 25.9 Å². The van der Waals surface area contributed by atoms with Gasteiger partial charge in [-0.05, 0) is 36.1 Å². The van der Waals surface area contributed by atoms with E-state index in [9.17, 15) is 14.0 Å². The molecular weight excluding hydrogens is 373 g/mol. The Hall–Kier alpha value is -3.15. The van der Waals surface area contributed by atoms with Crippen molar-refractivity contribution in [3.8, 4) is 11.5 Å². The van der Waals surface area contributed by atoms with Crippen LogP contribution in [0.25, 0.3) is 0 Å². The Morgan fingerprint density at radius 2 is 1.72 bits per heavy atom. The molecule has 5 nitrogen and oxygen atoms in total. The predicted octanol–water partition coefficient (Wildman–Crippen LogP) is 3.85. The van der Waals surface area contributed by atoms with Crippen LogP contribution in [0, 0.1) is 5.82 Å². The molecule has 0 radical (unpaired) electrons. The second kappa shape index (κ2) is 7.70. The number of halogens is 1. The van der Waals surface area contributed by atoms with Gasteiger partial charge >= 0.3 is 0 Å². The highest BCUT2D eigenvalue weighted by molar-refractivity contribution is 6.02. The minimum absolute atomic E-state index is 0.00319. The number of hydrogen-bond donors (Lipinski definition) is 1. The number of allylic oxidation sites excluding steroid dienone is 2. The van der Waals surface area contributed by atoms with Gasteiger partial charge in [0.05, 0.1) is 14.2 Å². The molecular formula is C23H22FNO4. The first-order chi connectivity index (χ1) is 14.0. The average Bonchev–Trinajstić information content (AvgIpc) is 2.72. The van der Waals surface area contributed by atoms with E-state index in [0.29, 0.717) is 35.6 Å². The van der Waals surface area contributed by atoms with Gasteiger partial charge in [0, 0.05) is 41.7 Å². The number of rotatable bonds is 4. The number of methoxy groups -OCH3 is 2. The van der Waals surface area contributed by atoms with E-state index >= 15 is 0 Å². The maximum Gasteiger partial charge on any atom is 0.225 e. The molecule has 1 aliphatic carbocycles. The lowest BCUT2D eigenvalue weighted by Gasteiger charge is -2.35. The van der Waals surface area contributed by atoms with E-state index < -0.39 is 0 Å². The topological polar surface area (TPSA) is 64.6 Å². The number of carbonyl (C=O) groups is 2. The number of ether oxygens (including phenoxy) is 2. The Balaban J connectivity index is 1.73. The predicted molar refractivity (Wildman–Crippen MR) is 105 cm³/mol. The van der Waals surface area contributed by atoms with Crippen LogP contribution >= 0.6 is 0 Å². The van der Waals surface area contributed by atoms with Crippen molar-refractivity contribution in [1.29, 1.82) is 0 Å². The maximum atomic E-state index is 13.3. The fraction of sp³-hybridized carbons (Fsp3) is 0.304. The molecule has 0 saturated carbocycles. The highest BCUT2D eigenvalue weighted by Crippen LogP contribution is 2.45. The van der Waals surface area contributed by atoms with E-state index in [0.717, 1.165) is 11.1 Å². The quantitative estimate of drug-likeness (QED) is 0.854. The Morgan fingerprint density at radius 3 is 2.41 bits per heavy atom. The lowest BCUT2D eigenvalue weighted by Crippen LogP contribution is -2.38. The molecule has 1 N–H and O–H groups in total. The van der Waals surface area contributed by atoms with Gasteiger partial charge in [-0.2, -0.15) is 0 Å². The van der Waals surface area contributed by atoms with Gasteiger partial charge in [-0.15, -0.1) is 0 Å². The van der Waals surface area contributed by atoms with Crippen LogP contribution in [0.2, 0.25) is 0 Å². The molecule has 1 heterocycles. The van der Waals surface area contributed by atoms with Crippen molar-refractivity contribution in [2.45, 2.75) is 31.1 Å². The van der Waals surface area contributed by atoms with Gasteiger partial charge in [0.2, 0.25) is 5.91 Å². The number of hydrogen-bond acceptors (Lipinski definition) is 4. The van der Waals surface area contributed by atoms with Crippen LogP contribution < -0.4 is 14.8 Å². The minimum Gasteiger partial charge on any atom is -0.497 e. The van der Waals surface area contributed by atoms with Gasteiger partial charge < -0.3 is 14.8 Å². The molecule has 1 amide bonds. The third-order valence-electron chi connectivity index (χ3n) is 5.69. The third-order valence-corrected chi connectivity index (χ3v) is 5.69. The van der Waals surface area contributed by atoms with Crippen molar-refractivity contribution in [3.05, 3.63) is 70.7 Å². The molecule has 0 spiro atoms. The van der Waals surface area contributed by atoms with Crippen molar-refractivity contribution >= 4 is 11.7 Å². The zero-order valence-corrected chi connectivity index (χ0v) is 16.3. The highest BCUT2D eigenvalue weighted by Gasteiger charge is 2.39. The maximum absolute atomic E-state index is 13.3. The number of carbonyl (C=O) groups excluding carboxylic acids is 2. The van der Waals surface area contributed by atoms with E-state index in [-0.39, 0.29) is 35.8 Å². The van der Waals surface area contributed by atoms with Crippen LogP contribution in [0.4, 0.5) is 4.39 Å². The standard InChI is InChI=1S/C23H22FNO4/c1-28-16-7-8-17(21(11-16)29-2)18-12-22(27)25-19-9-14(10-20(26)23(18)19)13-3-5-15(24)6-4-13/h3-8,11,14,18H,9-10,12H2,1-2H3,(H,25,27)/t14-,18-/m1/s1. The largest absolute Gasteiger partial charge is 0.497 e. The van der Waals surface area contributed by atoms with Gasteiger partial charge in [0.25, 0.3) is 0 Å². The minimum atomic E-state index is -0.360. The smallest absolute Gasteiger partial charge is 0.225 e. The van der Waals surface area contributed by atoms with Crippen LogP contribution in [0.3, 0.4) is 0 Å². The SMILES string of the molecule is COc1ccc([C@H]2CC(=O)NC3=C2C(=O)C[C@H](c2ccc(F)cc2)C3)c(OC)c1. The summed E-state index contributed by atoms with van der Waals surface area (Å²) < 4.78 is 24.0. The Morgan fingerprint density at radius 1 is 0.966 bits per heavy atom. The van der Waals surface area contributed by atoms with Crippen molar-refractivity contribution in [3.63, 3.8) is 0 Å². The van der Waals surface area contributed by atoms with Gasteiger partial charge in [-0.1, -0.05) is 18.2 Å². The average molecular weight is 395 g/mol. The first kappa shape index (κ1) is 19.2. The monoisotopic (exact) mass is 395 g/mol. The second-order valence-corrected chi connectivity index (χ2v) is 7.38. The highest BCUT2D eigenvalue weighted by atomic mass is 19.1. The van der Waals surface area contributed by atoms with Gasteiger partial charge in [0.1, 0.15) is 17.3 Å². The zero-order valence-electron chi connectivity index (χ0n) is 16.3. The Kier molecular flexibility index (Phi) is 5.09. The molecule has 6 heteroatoms. The molecule has 0 saturated heterocycles. The normalized spacial score (nSPS) is 21.5.